The van der Waals surface area contributed by atoms with Gasteiger partial charge in [0.25, 0.3) is 0 Å². The summed E-state index contributed by atoms with van der Waals surface area (Å²) in [5.41, 5.74) is 5.13. The van der Waals surface area contributed by atoms with Gasteiger partial charge in [0, 0.05) is 11.6 Å². The molecule has 0 fully saturated rings. The second-order valence-corrected chi connectivity index (χ2v) is 7.33. The van der Waals surface area contributed by atoms with Crippen molar-refractivity contribution in [2.45, 2.75) is 45.3 Å². The molecule has 0 spiro atoms. The fourth-order valence-corrected chi connectivity index (χ4v) is 2.86. The Morgan fingerprint density at radius 1 is 1.13 bits per heavy atom. The van der Waals surface area contributed by atoms with E-state index in [2.05, 4.69) is 32.9 Å². The quantitative estimate of drug-likeness (QED) is 0.519. The number of nitrogens with zero attached hydrogens (tertiary/aromatic N) is 1. The zero-order valence-corrected chi connectivity index (χ0v) is 15.3. The molecule has 23 heavy (non-hydrogen) atoms. The molecule has 0 N–H and O–H groups in total. The number of halogens is 1. The molecule has 0 amide bonds. The van der Waals surface area contributed by atoms with Crippen molar-refractivity contribution in [3.63, 3.8) is 0 Å². The van der Waals surface area contributed by atoms with Crippen molar-refractivity contribution < 1.29 is 4.39 Å². The van der Waals surface area contributed by atoms with Crippen molar-refractivity contribution in [3.8, 4) is 0 Å². The molecule has 122 valence electrons. The summed E-state index contributed by atoms with van der Waals surface area (Å²) < 4.78 is 12.9. The molecule has 2 rings (SSSR count). The van der Waals surface area contributed by atoms with Gasteiger partial charge < -0.3 is 0 Å². The Balaban J connectivity index is 2.33. The van der Waals surface area contributed by atoms with Gasteiger partial charge in [-0.3, -0.25) is 4.99 Å². The summed E-state index contributed by atoms with van der Waals surface area (Å²) in [5.74, 6) is -0.0926. The van der Waals surface area contributed by atoms with Gasteiger partial charge in [0.1, 0.15) is 5.82 Å². The molecular formula is C20H24FNS. The van der Waals surface area contributed by atoms with Gasteiger partial charge in [-0.25, -0.2) is 4.39 Å². The molecule has 2 aromatic carbocycles. The topological polar surface area (TPSA) is 12.4 Å². The summed E-state index contributed by atoms with van der Waals surface area (Å²) in [6, 6.07) is 13.1. The molecular weight excluding hydrogens is 305 g/mol. The predicted octanol–water partition coefficient (Wildman–Crippen LogP) is 6.03. The lowest BCUT2D eigenvalue weighted by molar-refractivity contribution is 0.619. The van der Waals surface area contributed by atoms with Crippen molar-refractivity contribution in [2.75, 3.05) is 0 Å². The highest BCUT2D eigenvalue weighted by molar-refractivity contribution is 7.82. The van der Waals surface area contributed by atoms with E-state index in [1.807, 2.05) is 32.0 Å². The number of hydrogen-bond acceptors (Lipinski definition) is 2. The van der Waals surface area contributed by atoms with Crippen LogP contribution >= 0.6 is 12.6 Å². The molecule has 0 bridgehead atoms. The summed E-state index contributed by atoms with van der Waals surface area (Å²) in [6.45, 7) is 10.2. The maximum absolute atomic E-state index is 13.3. The smallest absolute Gasteiger partial charge is 0.123 e. The third-order valence-corrected chi connectivity index (χ3v) is 5.32. The molecule has 0 aromatic heterocycles. The lowest BCUT2D eigenvalue weighted by Crippen LogP contribution is -2.33. The van der Waals surface area contributed by atoms with Gasteiger partial charge in [0.15, 0.2) is 0 Å². The van der Waals surface area contributed by atoms with Crippen LogP contribution < -0.4 is 0 Å². The Hall–Kier alpha value is -1.61. The highest BCUT2D eigenvalue weighted by Crippen LogP contribution is 2.37. The molecule has 0 heterocycles. The van der Waals surface area contributed by atoms with Crippen LogP contribution in [0.3, 0.4) is 0 Å². The van der Waals surface area contributed by atoms with Crippen LogP contribution in [-0.4, -0.2) is 10.5 Å². The molecule has 0 radical (unpaired) electrons. The minimum Gasteiger partial charge on any atom is -0.257 e. The van der Waals surface area contributed by atoms with E-state index in [0.717, 1.165) is 22.5 Å². The average molecular weight is 329 g/mol. The molecule has 0 saturated carbocycles. The standard InChI is InChI=1S/C20H24FNS/c1-13-6-9-18(10-7-13)22-16(4)20(5,23)15(3)19-11-8-17(21)12-14(19)2/h6-12,15,23H,1-5H3. The van der Waals surface area contributed by atoms with Gasteiger partial charge in [-0.15, -0.1) is 0 Å². The molecule has 2 atom stereocenters. The first-order valence-corrected chi connectivity index (χ1v) is 8.27. The SMILES string of the molecule is CC(=Nc1ccc(C)cc1)C(C)(S)C(C)c1ccc(F)cc1C. The van der Waals surface area contributed by atoms with Crippen LogP contribution in [0.1, 0.15) is 43.4 Å². The van der Waals surface area contributed by atoms with Crippen molar-refractivity contribution in [1.29, 1.82) is 0 Å². The van der Waals surface area contributed by atoms with Crippen LogP contribution in [0.25, 0.3) is 0 Å². The first-order chi connectivity index (χ1) is 10.7. The largest absolute Gasteiger partial charge is 0.257 e. The Morgan fingerprint density at radius 2 is 1.74 bits per heavy atom. The van der Waals surface area contributed by atoms with Gasteiger partial charge >= 0.3 is 0 Å². The van der Waals surface area contributed by atoms with Crippen LogP contribution in [0.2, 0.25) is 0 Å². The highest BCUT2D eigenvalue weighted by atomic mass is 32.1. The third-order valence-electron chi connectivity index (χ3n) is 4.60. The van der Waals surface area contributed by atoms with Gasteiger partial charge in [0.05, 0.1) is 10.4 Å². The molecule has 0 aliphatic heterocycles. The lowest BCUT2D eigenvalue weighted by atomic mass is 9.83. The van der Waals surface area contributed by atoms with E-state index in [4.69, 9.17) is 17.6 Å². The fraction of sp³-hybridized carbons (Fsp3) is 0.350. The van der Waals surface area contributed by atoms with E-state index in [-0.39, 0.29) is 11.7 Å². The van der Waals surface area contributed by atoms with Crippen molar-refractivity contribution in [3.05, 3.63) is 65.0 Å². The van der Waals surface area contributed by atoms with Crippen molar-refractivity contribution >= 4 is 24.0 Å². The molecule has 2 aromatic rings. The van der Waals surface area contributed by atoms with E-state index in [1.165, 1.54) is 11.6 Å². The Bertz CT molecular complexity index is 717. The summed E-state index contributed by atoms with van der Waals surface area (Å²) in [6.07, 6.45) is 0. The highest BCUT2D eigenvalue weighted by Gasteiger charge is 2.32. The van der Waals surface area contributed by atoms with Crippen molar-refractivity contribution in [2.24, 2.45) is 4.99 Å². The van der Waals surface area contributed by atoms with Gasteiger partial charge in [-0.2, -0.15) is 12.6 Å². The van der Waals surface area contributed by atoms with E-state index in [9.17, 15) is 4.39 Å². The molecule has 0 aliphatic carbocycles. The normalized spacial score (nSPS) is 16.0. The number of rotatable bonds is 4. The molecule has 0 aliphatic rings. The van der Waals surface area contributed by atoms with Crippen LogP contribution in [-0.2, 0) is 0 Å². The lowest BCUT2D eigenvalue weighted by Gasteiger charge is -2.32. The first kappa shape index (κ1) is 17.7. The van der Waals surface area contributed by atoms with Crippen LogP contribution in [0.15, 0.2) is 47.5 Å². The zero-order chi connectivity index (χ0) is 17.2. The Morgan fingerprint density at radius 3 is 2.30 bits per heavy atom. The van der Waals surface area contributed by atoms with Crippen LogP contribution in [0.4, 0.5) is 10.1 Å². The maximum atomic E-state index is 13.3. The summed E-state index contributed by atoms with van der Waals surface area (Å²) >= 11 is 4.89. The minimum atomic E-state index is -0.423. The van der Waals surface area contributed by atoms with E-state index < -0.39 is 4.75 Å². The summed E-state index contributed by atoms with van der Waals surface area (Å²) in [4.78, 5) is 4.73. The molecule has 3 heteroatoms. The van der Waals surface area contributed by atoms with E-state index in [0.29, 0.717) is 0 Å². The van der Waals surface area contributed by atoms with Gasteiger partial charge in [-0.05, 0) is 63.1 Å². The van der Waals surface area contributed by atoms with Crippen LogP contribution in [0, 0.1) is 19.7 Å². The van der Waals surface area contributed by atoms with Gasteiger partial charge in [0.2, 0.25) is 0 Å². The number of hydrogen-bond donors (Lipinski definition) is 1. The maximum Gasteiger partial charge on any atom is 0.123 e. The second-order valence-electron chi connectivity index (χ2n) is 6.40. The fourth-order valence-electron chi connectivity index (χ4n) is 2.67. The second kappa shape index (κ2) is 6.88. The Labute approximate surface area is 144 Å². The molecule has 2 unspecified atom stereocenters. The molecule has 0 saturated heterocycles. The number of benzene rings is 2. The number of aliphatic imine (C=N–C) groups is 1. The van der Waals surface area contributed by atoms with Crippen molar-refractivity contribution in [1.82, 2.24) is 0 Å². The predicted molar refractivity (Wildman–Crippen MR) is 101 cm³/mol. The third kappa shape index (κ3) is 4.03. The number of thiol groups is 1. The summed E-state index contributed by atoms with van der Waals surface area (Å²) in [5, 5.41) is 0. The summed E-state index contributed by atoms with van der Waals surface area (Å²) in [7, 11) is 0. The Kier molecular flexibility index (Phi) is 5.30. The minimum absolute atomic E-state index is 0.112. The van der Waals surface area contributed by atoms with Crippen LogP contribution in [0.5, 0.6) is 0 Å². The van der Waals surface area contributed by atoms with Gasteiger partial charge in [-0.1, -0.05) is 30.7 Å². The monoisotopic (exact) mass is 329 g/mol. The van der Waals surface area contributed by atoms with E-state index >= 15 is 0 Å². The average Bonchev–Trinajstić information content (AvgIpc) is 2.49. The van der Waals surface area contributed by atoms with E-state index in [1.54, 1.807) is 6.07 Å². The number of aryl methyl sites for hydroxylation is 2. The first-order valence-electron chi connectivity index (χ1n) is 7.82. The molecule has 1 nitrogen and oxygen atoms in total. The zero-order valence-electron chi connectivity index (χ0n) is 14.4.